The highest BCUT2D eigenvalue weighted by Gasteiger charge is 2.33. The molecule has 0 amide bonds. The minimum atomic E-state index is 0.702. The van der Waals surface area contributed by atoms with Crippen LogP contribution in [-0.4, -0.2) is 35.1 Å². The van der Waals surface area contributed by atoms with Crippen molar-refractivity contribution in [2.75, 3.05) is 13.1 Å². The zero-order valence-corrected chi connectivity index (χ0v) is 9.67. The van der Waals surface area contributed by atoms with Crippen LogP contribution in [0.5, 0.6) is 0 Å². The van der Waals surface area contributed by atoms with Crippen molar-refractivity contribution in [2.45, 2.75) is 37.9 Å². The van der Waals surface area contributed by atoms with Gasteiger partial charge in [-0.25, -0.2) is 0 Å². The first-order valence-electron chi connectivity index (χ1n) is 5.76. The molecular weight excluding hydrogens is 206 g/mol. The molecule has 1 aromatic rings. The smallest absolute Gasteiger partial charge is 0.0794 e. The number of rotatable bonds is 4. The maximum Gasteiger partial charge on any atom is 0.0794 e. The van der Waals surface area contributed by atoms with Gasteiger partial charge in [-0.3, -0.25) is 9.88 Å². The fourth-order valence-electron chi connectivity index (χ4n) is 2.30. The third-order valence-electron chi connectivity index (χ3n) is 3.33. The molecule has 2 fully saturated rings. The molecule has 1 saturated heterocycles. The molecule has 3 rings (SSSR count). The Labute approximate surface area is 94.5 Å². The molecule has 4 heteroatoms. The molecular formula is C11H17N3S. The molecule has 1 aliphatic carbocycles. The van der Waals surface area contributed by atoms with Crippen molar-refractivity contribution in [3.8, 4) is 0 Å². The van der Waals surface area contributed by atoms with Crippen LogP contribution in [0.4, 0.5) is 0 Å². The molecule has 1 saturated carbocycles. The summed E-state index contributed by atoms with van der Waals surface area (Å²) in [5.74, 6) is 0. The van der Waals surface area contributed by atoms with Gasteiger partial charge in [0, 0.05) is 42.8 Å². The molecule has 3 nitrogen and oxygen atoms in total. The number of nitrogens with one attached hydrogen (secondary N) is 1. The fourth-order valence-corrected chi connectivity index (χ4v) is 2.85. The standard InChI is InChI=1S/C11H17N3S/c1-2-10(1)14-4-3-9(7-14)13-6-11-5-12-8-15-11/h5,8-10,13H,1-4,6-7H2. The second-order valence-corrected chi connectivity index (χ2v) is 5.53. The Bertz CT molecular complexity index is 308. The minimum absolute atomic E-state index is 0.702. The van der Waals surface area contributed by atoms with Crippen LogP contribution in [-0.2, 0) is 6.54 Å². The van der Waals surface area contributed by atoms with Crippen LogP contribution < -0.4 is 5.32 Å². The second kappa shape index (κ2) is 4.20. The highest BCUT2D eigenvalue weighted by molar-refractivity contribution is 7.09. The Kier molecular flexibility index (Phi) is 2.73. The van der Waals surface area contributed by atoms with E-state index >= 15 is 0 Å². The highest BCUT2D eigenvalue weighted by atomic mass is 32.1. The molecule has 2 heterocycles. The third-order valence-corrected chi connectivity index (χ3v) is 4.11. The molecule has 1 aromatic heterocycles. The molecule has 0 bridgehead atoms. The number of hydrogen-bond donors (Lipinski definition) is 1. The quantitative estimate of drug-likeness (QED) is 0.838. The van der Waals surface area contributed by atoms with Crippen molar-refractivity contribution in [3.05, 3.63) is 16.6 Å². The molecule has 1 atom stereocenters. The van der Waals surface area contributed by atoms with Gasteiger partial charge in [-0.05, 0) is 19.3 Å². The summed E-state index contributed by atoms with van der Waals surface area (Å²) in [6.45, 7) is 3.54. The van der Waals surface area contributed by atoms with Crippen molar-refractivity contribution >= 4 is 11.3 Å². The van der Waals surface area contributed by atoms with Gasteiger partial charge in [-0.15, -0.1) is 11.3 Å². The van der Waals surface area contributed by atoms with Gasteiger partial charge >= 0.3 is 0 Å². The maximum absolute atomic E-state index is 4.09. The average Bonchev–Trinajstić information content (AvgIpc) is 2.82. The summed E-state index contributed by atoms with van der Waals surface area (Å²) >= 11 is 1.74. The lowest BCUT2D eigenvalue weighted by Crippen LogP contribution is -2.32. The van der Waals surface area contributed by atoms with Crippen LogP contribution in [0.3, 0.4) is 0 Å². The van der Waals surface area contributed by atoms with E-state index in [0.717, 1.165) is 12.6 Å². The Morgan fingerprint density at radius 3 is 3.13 bits per heavy atom. The van der Waals surface area contributed by atoms with Gasteiger partial charge in [0.05, 0.1) is 5.51 Å². The predicted octanol–water partition coefficient (Wildman–Crippen LogP) is 1.47. The lowest BCUT2D eigenvalue weighted by molar-refractivity contribution is 0.317. The normalized spacial score (nSPS) is 27.3. The zero-order chi connectivity index (χ0) is 10.1. The first kappa shape index (κ1) is 9.75. The van der Waals surface area contributed by atoms with Crippen LogP contribution >= 0.6 is 11.3 Å². The Balaban J connectivity index is 1.44. The van der Waals surface area contributed by atoms with Crippen LogP contribution in [0.15, 0.2) is 11.7 Å². The SMILES string of the molecule is c1ncc(CNC2CCN(C3CC3)C2)s1. The van der Waals surface area contributed by atoms with E-state index in [1.807, 2.05) is 11.7 Å². The first-order valence-corrected chi connectivity index (χ1v) is 6.64. The second-order valence-electron chi connectivity index (χ2n) is 4.56. The summed E-state index contributed by atoms with van der Waals surface area (Å²) in [5, 5.41) is 3.63. The molecule has 15 heavy (non-hydrogen) atoms. The Morgan fingerprint density at radius 2 is 2.40 bits per heavy atom. The van der Waals surface area contributed by atoms with Gasteiger partial charge < -0.3 is 5.32 Å². The fraction of sp³-hybridized carbons (Fsp3) is 0.727. The van der Waals surface area contributed by atoms with E-state index in [1.165, 1.54) is 37.2 Å². The lowest BCUT2D eigenvalue weighted by atomic mass is 10.2. The number of thiazole rings is 1. The molecule has 0 radical (unpaired) electrons. The number of nitrogens with zero attached hydrogens (tertiary/aromatic N) is 2. The van der Waals surface area contributed by atoms with E-state index in [-0.39, 0.29) is 0 Å². The molecule has 1 N–H and O–H groups in total. The van der Waals surface area contributed by atoms with Crippen LogP contribution in [0.2, 0.25) is 0 Å². The largest absolute Gasteiger partial charge is 0.308 e. The molecule has 1 unspecified atom stereocenters. The number of aromatic nitrogens is 1. The van der Waals surface area contributed by atoms with Crippen molar-refractivity contribution in [1.82, 2.24) is 15.2 Å². The summed E-state index contributed by atoms with van der Waals surface area (Å²) in [4.78, 5) is 8.08. The summed E-state index contributed by atoms with van der Waals surface area (Å²) in [6, 6.07) is 1.63. The van der Waals surface area contributed by atoms with Crippen molar-refractivity contribution in [2.24, 2.45) is 0 Å². The number of hydrogen-bond acceptors (Lipinski definition) is 4. The van der Waals surface area contributed by atoms with E-state index < -0.39 is 0 Å². The van der Waals surface area contributed by atoms with Crippen molar-refractivity contribution in [1.29, 1.82) is 0 Å². The summed E-state index contributed by atoms with van der Waals surface area (Å²) < 4.78 is 0. The van der Waals surface area contributed by atoms with E-state index in [4.69, 9.17) is 0 Å². The van der Waals surface area contributed by atoms with Gasteiger partial charge in [0.25, 0.3) is 0 Å². The van der Waals surface area contributed by atoms with E-state index in [0.29, 0.717) is 6.04 Å². The Morgan fingerprint density at radius 1 is 1.47 bits per heavy atom. The van der Waals surface area contributed by atoms with Crippen molar-refractivity contribution < 1.29 is 0 Å². The summed E-state index contributed by atoms with van der Waals surface area (Å²) in [5.41, 5.74) is 1.90. The third kappa shape index (κ3) is 2.38. The molecule has 82 valence electrons. The van der Waals surface area contributed by atoms with Gasteiger partial charge in [-0.2, -0.15) is 0 Å². The van der Waals surface area contributed by atoms with Gasteiger partial charge in [0.2, 0.25) is 0 Å². The molecule has 2 aliphatic rings. The van der Waals surface area contributed by atoms with Crippen LogP contribution in [0.1, 0.15) is 24.1 Å². The summed E-state index contributed by atoms with van der Waals surface area (Å²) in [7, 11) is 0. The zero-order valence-electron chi connectivity index (χ0n) is 8.85. The first-order chi connectivity index (χ1) is 7.42. The van der Waals surface area contributed by atoms with Crippen molar-refractivity contribution in [3.63, 3.8) is 0 Å². The molecule has 0 aromatic carbocycles. The topological polar surface area (TPSA) is 28.2 Å². The van der Waals surface area contributed by atoms with Crippen LogP contribution in [0.25, 0.3) is 0 Å². The van der Waals surface area contributed by atoms with E-state index in [1.54, 1.807) is 11.3 Å². The minimum Gasteiger partial charge on any atom is -0.308 e. The van der Waals surface area contributed by atoms with E-state index in [9.17, 15) is 0 Å². The average molecular weight is 223 g/mol. The van der Waals surface area contributed by atoms with Gasteiger partial charge in [0.1, 0.15) is 0 Å². The maximum atomic E-state index is 4.09. The lowest BCUT2D eigenvalue weighted by Gasteiger charge is -2.15. The van der Waals surface area contributed by atoms with Gasteiger partial charge in [0.15, 0.2) is 0 Å². The predicted molar refractivity (Wildman–Crippen MR) is 62.0 cm³/mol. The number of likely N-dealkylation sites (tertiary alicyclic amines) is 1. The molecule has 0 spiro atoms. The Hall–Kier alpha value is -0.450. The summed E-state index contributed by atoms with van der Waals surface area (Å²) in [6.07, 6.45) is 6.14. The van der Waals surface area contributed by atoms with Crippen LogP contribution in [0, 0.1) is 0 Å². The van der Waals surface area contributed by atoms with E-state index in [2.05, 4.69) is 15.2 Å². The monoisotopic (exact) mass is 223 g/mol. The molecule has 1 aliphatic heterocycles. The highest BCUT2D eigenvalue weighted by Crippen LogP contribution is 2.29. The van der Waals surface area contributed by atoms with Gasteiger partial charge in [-0.1, -0.05) is 0 Å².